The van der Waals surface area contributed by atoms with Crippen LogP contribution in [-0.4, -0.2) is 248 Å². The molecule has 2 fully saturated rings. The molecule has 3 heterocycles. The standard InChI is InChI=1S/C56H90N12O14/c1-40(2)52-60-46(35-42-18-16-41(17-19-42)34-43-36-63(3)24-25-65(37-49(72)73)26-27-66(38-50(74)75)30-33-68(43)39-51(76)77)61-55(62-52)67-31-28-64(29-32-67)23-13-9-7-5-4-6-8-10-15-47(69)57-22-12-11-14-44(53(78)79)58-56(82)59-45(54(80)81)20-21-48(70)71/h16-19,40,43-45H,4-15,20-39H2,1-3H3,(H,57,69)(H,70,71)(H,72,73)(H,74,75)(H,76,77)(H,78,79)(H,80,81)(H2,58,59,82)/t43?,44-,45-/m0/s1. The zero-order valence-electron chi connectivity index (χ0n) is 48.2. The zero-order valence-corrected chi connectivity index (χ0v) is 48.2. The summed E-state index contributed by atoms with van der Waals surface area (Å²) in [4.78, 5) is 121. The number of urea groups is 1. The second-order valence-electron chi connectivity index (χ2n) is 22.0. The van der Waals surface area contributed by atoms with Crippen molar-refractivity contribution in [2.75, 3.05) is 117 Å². The molecule has 1 aromatic heterocycles. The molecule has 2 aromatic rings. The van der Waals surface area contributed by atoms with Crippen LogP contribution in [0.15, 0.2) is 24.3 Å². The maximum absolute atomic E-state index is 12.3. The minimum Gasteiger partial charge on any atom is -0.481 e. The second kappa shape index (κ2) is 36.8. The molecule has 0 saturated carbocycles. The number of benzene rings is 1. The van der Waals surface area contributed by atoms with Crippen molar-refractivity contribution in [3.63, 3.8) is 0 Å². The lowest BCUT2D eigenvalue weighted by molar-refractivity contribution is -0.141. The molecule has 9 N–H and O–H groups in total. The maximum atomic E-state index is 12.3. The molecule has 0 radical (unpaired) electrons. The SMILES string of the molecule is CC(C)c1nc(Cc2ccc(CC3CN(C)CCN(CC(=O)O)CCN(CC(=O)O)CCN3CC(=O)O)cc2)nc(N2CCN(CCCCCCCCCCC(=O)NCCCC[C@H](NC(=O)N[C@@H](CCC(=O)O)C(=O)O)C(=O)O)CC2)n1. The van der Waals surface area contributed by atoms with Crippen LogP contribution >= 0.6 is 0 Å². The van der Waals surface area contributed by atoms with E-state index in [1.165, 1.54) is 0 Å². The van der Waals surface area contributed by atoms with Crippen LogP contribution in [0, 0.1) is 0 Å². The molecule has 26 nitrogen and oxygen atoms in total. The molecule has 26 heteroatoms. The normalized spacial score (nSPS) is 17.3. The summed E-state index contributed by atoms with van der Waals surface area (Å²) in [5.74, 6) is -4.72. The van der Waals surface area contributed by atoms with E-state index in [-0.39, 0.29) is 50.3 Å². The van der Waals surface area contributed by atoms with Gasteiger partial charge >= 0.3 is 41.8 Å². The molecule has 2 aliphatic rings. The van der Waals surface area contributed by atoms with Gasteiger partial charge in [-0.15, -0.1) is 0 Å². The molecule has 0 aliphatic carbocycles. The largest absolute Gasteiger partial charge is 0.481 e. The topological polar surface area (TPSA) is 352 Å². The van der Waals surface area contributed by atoms with Gasteiger partial charge in [0.05, 0.1) is 19.6 Å². The van der Waals surface area contributed by atoms with Crippen LogP contribution in [0.3, 0.4) is 0 Å². The lowest BCUT2D eigenvalue weighted by Crippen LogP contribution is -2.52. The summed E-state index contributed by atoms with van der Waals surface area (Å²) in [6.45, 7) is 11.3. The Labute approximate surface area is 481 Å². The number of unbranched alkanes of at least 4 members (excludes halogenated alkanes) is 8. The van der Waals surface area contributed by atoms with Gasteiger partial charge in [-0.05, 0) is 69.7 Å². The number of carboxylic acids is 6. The van der Waals surface area contributed by atoms with Gasteiger partial charge in [-0.1, -0.05) is 76.6 Å². The number of aliphatic carboxylic acids is 6. The number of piperazine rings is 1. The van der Waals surface area contributed by atoms with E-state index in [2.05, 4.69) is 68.8 Å². The molecular weight excluding hydrogens is 1060 g/mol. The molecule has 1 aromatic carbocycles. The van der Waals surface area contributed by atoms with Gasteiger partial charge in [-0.25, -0.2) is 19.4 Å². The Balaban J connectivity index is 1.14. The molecule has 2 aliphatic heterocycles. The number of nitrogens with one attached hydrogen (secondary N) is 3. The first kappa shape index (κ1) is 67.9. The van der Waals surface area contributed by atoms with Crippen LogP contribution in [0.4, 0.5) is 10.7 Å². The van der Waals surface area contributed by atoms with E-state index in [1.54, 1.807) is 4.90 Å². The van der Waals surface area contributed by atoms with Crippen LogP contribution in [0.25, 0.3) is 0 Å². The predicted octanol–water partition coefficient (Wildman–Crippen LogP) is 2.59. The molecule has 3 amide bonds. The summed E-state index contributed by atoms with van der Waals surface area (Å²) < 4.78 is 0. The first-order chi connectivity index (χ1) is 39.1. The maximum Gasteiger partial charge on any atom is 0.326 e. The summed E-state index contributed by atoms with van der Waals surface area (Å²) >= 11 is 0. The van der Waals surface area contributed by atoms with Crippen molar-refractivity contribution in [3.05, 3.63) is 47.0 Å². The highest BCUT2D eigenvalue weighted by molar-refractivity contribution is 5.86. The van der Waals surface area contributed by atoms with Crippen LogP contribution in [0.5, 0.6) is 0 Å². The number of carboxylic acid groups (broad SMARTS) is 6. The first-order valence-electron chi connectivity index (χ1n) is 29.0. The number of amides is 3. The second-order valence-corrected chi connectivity index (χ2v) is 22.0. The average molecular weight is 1160 g/mol. The smallest absolute Gasteiger partial charge is 0.326 e. The Kier molecular flexibility index (Phi) is 30.4. The summed E-state index contributed by atoms with van der Waals surface area (Å²) in [7, 11) is 1.95. The van der Waals surface area contributed by atoms with Gasteiger partial charge < -0.3 is 56.4 Å². The van der Waals surface area contributed by atoms with E-state index in [1.807, 2.05) is 16.8 Å². The molecule has 458 valence electrons. The summed E-state index contributed by atoms with van der Waals surface area (Å²) in [5.41, 5.74) is 2.05. The number of hydrogen-bond donors (Lipinski definition) is 9. The van der Waals surface area contributed by atoms with E-state index in [0.717, 1.165) is 101 Å². The molecule has 4 rings (SSSR count). The number of likely N-dealkylation sites (N-methyl/N-ethyl adjacent to an activating group) is 1. The summed E-state index contributed by atoms with van der Waals surface area (Å²) in [6.07, 6.45) is 10.0. The Morgan fingerprint density at radius 2 is 1.10 bits per heavy atom. The fraction of sp³-hybridized carbons (Fsp3) is 0.696. The summed E-state index contributed by atoms with van der Waals surface area (Å²) in [6, 6.07) is 4.23. The lowest BCUT2D eigenvalue weighted by atomic mass is 10.0. The number of carbonyl (C=O) groups excluding carboxylic acids is 2. The minimum absolute atomic E-state index is 0.0598. The van der Waals surface area contributed by atoms with Crippen LogP contribution in [-0.2, 0) is 46.4 Å². The number of rotatable bonds is 35. The third kappa shape index (κ3) is 27.4. The Bertz CT molecular complexity index is 2340. The van der Waals surface area contributed by atoms with Gasteiger partial charge in [0.1, 0.15) is 23.7 Å². The third-order valence-electron chi connectivity index (χ3n) is 14.8. The van der Waals surface area contributed by atoms with Crippen molar-refractivity contribution in [1.29, 1.82) is 0 Å². The Hall–Kier alpha value is -6.61. The van der Waals surface area contributed by atoms with Gasteiger partial charge in [-0.3, -0.25) is 43.6 Å². The van der Waals surface area contributed by atoms with E-state index in [4.69, 9.17) is 20.1 Å². The van der Waals surface area contributed by atoms with Crippen molar-refractivity contribution in [1.82, 2.24) is 55.4 Å². The highest BCUT2D eigenvalue weighted by Gasteiger charge is 2.28. The first-order valence-corrected chi connectivity index (χ1v) is 29.0. The van der Waals surface area contributed by atoms with Gasteiger partial charge in [0, 0.05) is 110 Å². The Morgan fingerprint density at radius 1 is 0.561 bits per heavy atom. The number of aromatic nitrogens is 3. The monoisotopic (exact) mass is 1150 g/mol. The average Bonchev–Trinajstić information content (AvgIpc) is 3.50. The Morgan fingerprint density at radius 3 is 1.67 bits per heavy atom. The zero-order chi connectivity index (χ0) is 60.0. The van der Waals surface area contributed by atoms with Crippen LogP contribution in [0.1, 0.15) is 132 Å². The van der Waals surface area contributed by atoms with Crippen molar-refractivity contribution in [3.8, 4) is 0 Å². The molecule has 3 atom stereocenters. The predicted molar refractivity (Wildman–Crippen MR) is 304 cm³/mol. The molecule has 82 heavy (non-hydrogen) atoms. The van der Waals surface area contributed by atoms with Crippen molar-refractivity contribution >= 4 is 53.7 Å². The molecule has 1 unspecified atom stereocenters. The fourth-order valence-corrected chi connectivity index (χ4v) is 10.0. The summed E-state index contributed by atoms with van der Waals surface area (Å²) in [5, 5.41) is 63.8. The van der Waals surface area contributed by atoms with Crippen molar-refractivity contribution in [2.45, 2.75) is 141 Å². The minimum atomic E-state index is -1.48. The number of anilines is 1. The van der Waals surface area contributed by atoms with Gasteiger partial charge in [-0.2, -0.15) is 9.97 Å². The highest BCUT2D eigenvalue weighted by atomic mass is 16.4. The van der Waals surface area contributed by atoms with Gasteiger partial charge in [0.25, 0.3) is 0 Å². The van der Waals surface area contributed by atoms with Crippen molar-refractivity contribution < 1.29 is 69.0 Å². The van der Waals surface area contributed by atoms with Crippen LogP contribution < -0.4 is 20.9 Å². The highest BCUT2D eigenvalue weighted by Crippen LogP contribution is 2.20. The van der Waals surface area contributed by atoms with E-state index >= 15 is 0 Å². The number of hydrogen-bond acceptors (Lipinski definition) is 17. The number of nitrogens with zero attached hydrogens (tertiary/aromatic N) is 9. The molecule has 0 spiro atoms. The third-order valence-corrected chi connectivity index (χ3v) is 14.8. The van der Waals surface area contributed by atoms with E-state index in [9.17, 15) is 63.9 Å². The number of carbonyl (C=O) groups is 8. The quantitative estimate of drug-likeness (QED) is 0.0448. The van der Waals surface area contributed by atoms with E-state index < -0.39 is 60.4 Å². The lowest BCUT2D eigenvalue weighted by Gasteiger charge is -2.37. The molecule has 0 bridgehead atoms. The fourth-order valence-electron chi connectivity index (χ4n) is 10.0. The van der Waals surface area contributed by atoms with Crippen LogP contribution in [0.2, 0.25) is 0 Å². The molecular formula is C56H90N12O14. The van der Waals surface area contributed by atoms with Gasteiger partial charge in [0.15, 0.2) is 0 Å². The van der Waals surface area contributed by atoms with E-state index in [0.29, 0.717) is 96.2 Å². The van der Waals surface area contributed by atoms with Gasteiger partial charge in [0.2, 0.25) is 11.9 Å². The van der Waals surface area contributed by atoms with Crippen molar-refractivity contribution in [2.24, 2.45) is 0 Å². The molecule has 2 saturated heterocycles.